The van der Waals surface area contributed by atoms with Gasteiger partial charge in [-0.2, -0.15) is 0 Å². The minimum Gasteiger partial charge on any atom is -0.366 e. The van der Waals surface area contributed by atoms with E-state index in [0.29, 0.717) is 28.1 Å². The highest BCUT2D eigenvalue weighted by molar-refractivity contribution is 7.90. The van der Waals surface area contributed by atoms with Crippen LogP contribution in [0.5, 0.6) is 0 Å². The summed E-state index contributed by atoms with van der Waals surface area (Å²) < 4.78 is 28.9. The van der Waals surface area contributed by atoms with Gasteiger partial charge >= 0.3 is 0 Å². The van der Waals surface area contributed by atoms with Crippen molar-refractivity contribution in [3.8, 4) is 22.3 Å². The first kappa shape index (κ1) is 27.9. The fourth-order valence-electron chi connectivity index (χ4n) is 5.45. The normalized spacial score (nSPS) is 17.2. The van der Waals surface area contributed by atoms with Crippen LogP contribution in [0.2, 0.25) is 0 Å². The molecule has 214 valence electrons. The number of amides is 1. The molecule has 10 heteroatoms. The quantitative estimate of drug-likeness (QED) is 0.197. The second-order valence-electron chi connectivity index (χ2n) is 10.5. The van der Waals surface area contributed by atoms with E-state index in [4.69, 9.17) is 11.6 Å². The van der Waals surface area contributed by atoms with Gasteiger partial charge in [-0.25, -0.2) is 22.4 Å². The van der Waals surface area contributed by atoms with Crippen molar-refractivity contribution < 1.29 is 13.2 Å². The number of carbonyl (C=O) groups is 1. The van der Waals surface area contributed by atoms with Crippen molar-refractivity contribution in [1.82, 2.24) is 13.9 Å². The van der Waals surface area contributed by atoms with E-state index in [1.807, 2.05) is 42.5 Å². The van der Waals surface area contributed by atoms with E-state index < -0.39 is 10.0 Å². The minimum atomic E-state index is -3.93. The smallest absolute Gasteiger partial charge is 0.269 e. The van der Waals surface area contributed by atoms with Gasteiger partial charge in [0.15, 0.2) is 5.65 Å². The van der Waals surface area contributed by atoms with Crippen LogP contribution in [0.4, 0.5) is 11.5 Å². The summed E-state index contributed by atoms with van der Waals surface area (Å²) in [5.41, 5.74) is 4.10. The number of benzene rings is 2. The second kappa shape index (κ2) is 11.6. The van der Waals surface area contributed by atoms with Gasteiger partial charge < -0.3 is 10.6 Å². The molecule has 1 aliphatic rings. The van der Waals surface area contributed by atoms with Crippen molar-refractivity contribution in [2.45, 2.75) is 48.9 Å². The molecule has 2 N–H and O–H groups in total. The standard InChI is InChI=1S/C32H30ClN5O3S/c1-21(39)36-25-9-7-8-22(16-25)24-17-27-28(23-14-15-34-31(18-23)37-30-13-6-5-12-29(30)33)20-38(32(27)35-19-24)42(40,41)26-10-3-2-4-11-26/h2-4,7-11,14-20,29-30H,5-6,12-13H2,1H3,(H,34,37)(H,36,39). The monoisotopic (exact) mass is 599 g/mol. The average molecular weight is 600 g/mol. The van der Waals surface area contributed by atoms with E-state index in [1.165, 1.54) is 10.9 Å². The first-order valence-corrected chi connectivity index (χ1v) is 15.7. The summed E-state index contributed by atoms with van der Waals surface area (Å²) in [6, 6.07) is 21.6. The Morgan fingerprint density at radius 2 is 1.74 bits per heavy atom. The number of alkyl halides is 1. The summed E-state index contributed by atoms with van der Waals surface area (Å²) in [6.45, 7) is 1.46. The Labute approximate surface area is 249 Å². The van der Waals surface area contributed by atoms with Gasteiger partial charge in [0, 0.05) is 53.8 Å². The van der Waals surface area contributed by atoms with E-state index in [1.54, 1.807) is 48.9 Å². The maximum absolute atomic E-state index is 13.8. The maximum Gasteiger partial charge on any atom is 0.269 e. The largest absolute Gasteiger partial charge is 0.366 e. The zero-order chi connectivity index (χ0) is 29.3. The molecule has 8 nitrogen and oxygen atoms in total. The number of carbonyl (C=O) groups excluding carboxylic acids is 1. The second-order valence-corrected chi connectivity index (χ2v) is 12.9. The van der Waals surface area contributed by atoms with Crippen LogP contribution < -0.4 is 10.6 Å². The first-order chi connectivity index (χ1) is 20.3. The number of halogens is 1. The number of pyridine rings is 2. The van der Waals surface area contributed by atoms with Crippen molar-refractivity contribution >= 4 is 50.1 Å². The Kier molecular flexibility index (Phi) is 7.70. The third-order valence-electron chi connectivity index (χ3n) is 7.51. The van der Waals surface area contributed by atoms with Crippen LogP contribution in [0.25, 0.3) is 33.3 Å². The third kappa shape index (κ3) is 5.62. The molecule has 0 aliphatic heterocycles. The lowest BCUT2D eigenvalue weighted by Gasteiger charge is -2.28. The number of anilines is 2. The summed E-state index contributed by atoms with van der Waals surface area (Å²) in [5.74, 6) is 0.519. The van der Waals surface area contributed by atoms with E-state index in [-0.39, 0.29) is 22.2 Å². The van der Waals surface area contributed by atoms with Crippen molar-refractivity contribution in [3.05, 3.63) is 91.4 Å². The molecule has 1 aliphatic carbocycles. The van der Waals surface area contributed by atoms with Crippen LogP contribution in [0.3, 0.4) is 0 Å². The van der Waals surface area contributed by atoms with Gasteiger partial charge in [0.05, 0.1) is 10.3 Å². The van der Waals surface area contributed by atoms with Crippen LogP contribution in [-0.4, -0.2) is 39.7 Å². The molecule has 0 saturated heterocycles. The molecule has 1 saturated carbocycles. The van der Waals surface area contributed by atoms with Crippen LogP contribution in [0.1, 0.15) is 32.6 Å². The zero-order valence-electron chi connectivity index (χ0n) is 23.0. The fraction of sp³-hybridized carbons (Fsp3) is 0.219. The molecule has 2 aromatic carbocycles. The van der Waals surface area contributed by atoms with E-state index in [9.17, 15) is 13.2 Å². The Morgan fingerprint density at radius 1 is 0.929 bits per heavy atom. The fourth-order valence-corrected chi connectivity index (χ4v) is 7.14. The Balaban J connectivity index is 1.49. The van der Waals surface area contributed by atoms with Crippen molar-refractivity contribution in [3.63, 3.8) is 0 Å². The summed E-state index contributed by atoms with van der Waals surface area (Å²) in [4.78, 5) is 21.0. The molecule has 5 aromatic rings. The lowest BCUT2D eigenvalue weighted by atomic mass is 9.95. The Morgan fingerprint density at radius 3 is 2.52 bits per heavy atom. The minimum absolute atomic E-state index is 0.0298. The topological polar surface area (TPSA) is 106 Å². The molecule has 3 heterocycles. The number of nitrogens with one attached hydrogen (secondary N) is 2. The number of rotatable bonds is 7. The number of hydrogen-bond acceptors (Lipinski definition) is 6. The number of fused-ring (bicyclic) bond motifs is 1. The summed E-state index contributed by atoms with van der Waals surface area (Å²) in [6.07, 6.45) is 9.16. The molecule has 3 aromatic heterocycles. The van der Waals surface area contributed by atoms with Gasteiger partial charge in [0.2, 0.25) is 5.91 Å². The van der Waals surface area contributed by atoms with Crippen molar-refractivity contribution in [1.29, 1.82) is 0 Å². The predicted molar refractivity (Wildman–Crippen MR) is 167 cm³/mol. The van der Waals surface area contributed by atoms with Crippen LogP contribution in [-0.2, 0) is 14.8 Å². The molecule has 1 fully saturated rings. The van der Waals surface area contributed by atoms with Gasteiger partial charge in [-0.05, 0) is 66.4 Å². The van der Waals surface area contributed by atoms with Crippen LogP contribution in [0.15, 0.2) is 96.3 Å². The van der Waals surface area contributed by atoms with Gasteiger partial charge in [0.25, 0.3) is 10.0 Å². The number of aromatic nitrogens is 3. The molecule has 0 spiro atoms. The highest BCUT2D eigenvalue weighted by Crippen LogP contribution is 2.36. The molecular formula is C32H30ClN5O3S. The summed E-state index contributed by atoms with van der Waals surface area (Å²) >= 11 is 6.60. The first-order valence-electron chi connectivity index (χ1n) is 13.9. The molecule has 0 radical (unpaired) electrons. The van der Waals surface area contributed by atoms with E-state index in [0.717, 1.165) is 42.4 Å². The van der Waals surface area contributed by atoms with Gasteiger partial charge in [-0.15, -0.1) is 11.6 Å². The van der Waals surface area contributed by atoms with Gasteiger partial charge in [-0.3, -0.25) is 4.79 Å². The number of nitrogens with zero attached hydrogens (tertiary/aromatic N) is 3. The Bertz CT molecular complexity index is 1870. The molecule has 0 bridgehead atoms. The van der Waals surface area contributed by atoms with E-state index >= 15 is 0 Å². The van der Waals surface area contributed by atoms with Crippen molar-refractivity contribution in [2.75, 3.05) is 10.6 Å². The predicted octanol–water partition coefficient (Wildman–Crippen LogP) is 6.92. The lowest BCUT2D eigenvalue weighted by Crippen LogP contribution is -2.33. The van der Waals surface area contributed by atoms with Crippen molar-refractivity contribution in [2.24, 2.45) is 0 Å². The molecule has 1 amide bonds. The number of hydrogen-bond donors (Lipinski definition) is 2. The highest BCUT2D eigenvalue weighted by atomic mass is 35.5. The zero-order valence-corrected chi connectivity index (χ0v) is 24.6. The molecule has 6 rings (SSSR count). The Hall–Kier alpha value is -4.21. The molecule has 42 heavy (non-hydrogen) atoms. The summed E-state index contributed by atoms with van der Waals surface area (Å²) in [5, 5.41) is 7.00. The highest BCUT2D eigenvalue weighted by Gasteiger charge is 2.25. The van der Waals surface area contributed by atoms with Crippen LogP contribution >= 0.6 is 11.6 Å². The molecular weight excluding hydrogens is 570 g/mol. The molecule has 2 atom stereocenters. The molecule has 2 unspecified atom stereocenters. The van der Waals surface area contributed by atoms with Gasteiger partial charge in [0.1, 0.15) is 5.82 Å². The maximum atomic E-state index is 13.8. The van der Waals surface area contributed by atoms with E-state index in [2.05, 4.69) is 20.6 Å². The average Bonchev–Trinajstić information content (AvgIpc) is 3.39. The SMILES string of the molecule is CC(=O)Nc1cccc(-c2cnc3c(c2)c(-c2ccnc(NC4CCCCC4Cl)c2)cn3S(=O)(=O)c2ccccc2)c1. The van der Waals surface area contributed by atoms with Crippen LogP contribution in [0, 0.1) is 0 Å². The lowest BCUT2D eigenvalue weighted by molar-refractivity contribution is -0.114. The third-order valence-corrected chi connectivity index (χ3v) is 9.70. The van der Waals surface area contributed by atoms with Gasteiger partial charge in [-0.1, -0.05) is 43.2 Å². The summed E-state index contributed by atoms with van der Waals surface area (Å²) in [7, 11) is -3.93.